The number of fused-ring (bicyclic) bond motifs is 1. The molecular weight excluding hydrogens is 234 g/mol. The molecule has 0 saturated carbocycles. The normalized spacial score (nSPS) is 40.6. The predicted molar refractivity (Wildman–Crippen MR) is 60.2 cm³/mol. The molecule has 2 saturated heterocycles. The van der Waals surface area contributed by atoms with E-state index >= 15 is 0 Å². The number of carboxylic acid groups (broad SMARTS) is 1. The molecule has 0 radical (unpaired) electrons. The highest BCUT2D eigenvalue weighted by atomic mass is 16.5. The number of hydrogen-bond acceptors (Lipinski definition) is 4. The Morgan fingerprint density at radius 3 is 3.11 bits per heavy atom. The van der Waals surface area contributed by atoms with E-state index in [1.807, 2.05) is 6.08 Å². The Kier molecular flexibility index (Phi) is 2.48. The number of amides is 1. The van der Waals surface area contributed by atoms with Crippen molar-refractivity contribution in [1.82, 2.24) is 4.90 Å². The van der Waals surface area contributed by atoms with Gasteiger partial charge in [0.2, 0.25) is 5.91 Å². The molecule has 5 heteroatoms. The second kappa shape index (κ2) is 3.82. The maximum atomic E-state index is 12.3. The SMILES string of the molecule is CCCCN1C[C@]23C=C[C@@H](O2)[C@H](C(=O)[O-])[C@@H]3C1=O. The first-order valence-corrected chi connectivity index (χ1v) is 6.46. The number of rotatable bonds is 4. The molecule has 18 heavy (non-hydrogen) atoms. The topological polar surface area (TPSA) is 69.7 Å². The second-order valence-electron chi connectivity index (χ2n) is 5.33. The fraction of sp³-hybridized carbons (Fsp3) is 0.692. The van der Waals surface area contributed by atoms with E-state index in [1.165, 1.54) is 0 Å². The molecule has 98 valence electrons. The molecule has 2 fully saturated rings. The Morgan fingerprint density at radius 1 is 1.67 bits per heavy atom. The smallest absolute Gasteiger partial charge is 0.229 e. The molecule has 2 bridgehead atoms. The van der Waals surface area contributed by atoms with Gasteiger partial charge >= 0.3 is 0 Å². The third-order valence-corrected chi connectivity index (χ3v) is 4.23. The van der Waals surface area contributed by atoms with Gasteiger partial charge in [-0.2, -0.15) is 0 Å². The molecule has 0 aliphatic carbocycles. The van der Waals surface area contributed by atoms with Crippen molar-refractivity contribution in [3.8, 4) is 0 Å². The molecule has 3 rings (SSSR count). The van der Waals surface area contributed by atoms with E-state index in [0.717, 1.165) is 12.8 Å². The summed E-state index contributed by atoms with van der Waals surface area (Å²) in [5.41, 5.74) is -0.708. The highest BCUT2D eigenvalue weighted by Crippen LogP contribution is 2.51. The molecule has 1 spiro atoms. The molecule has 0 aromatic carbocycles. The average molecular weight is 250 g/mol. The summed E-state index contributed by atoms with van der Waals surface area (Å²) in [6.45, 7) is 3.22. The lowest BCUT2D eigenvalue weighted by Gasteiger charge is -2.24. The molecule has 0 aromatic rings. The van der Waals surface area contributed by atoms with Crippen molar-refractivity contribution in [1.29, 1.82) is 0 Å². The number of ether oxygens (including phenoxy) is 1. The zero-order valence-corrected chi connectivity index (χ0v) is 10.3. The number of aliphatic carboxylic acids is 1. The first kappa shape index (κ1) is 11.7. The Morgan fingerprint density at radius 2 is 2.44 bits per heavy atom. The highest BCUT2D eigenvalue weighted by Gasteiger charge is 2.65. The molecule has 3 heterocycles. The van der Waals surface area contributed by atoms with Crippen molar-refractivity contribution in [3.63, 3.8) is 0 Å². The zero-order valence-electron chi connectivity index (χ0n) is 10.3. The number of hydrogen-bond donors (Lipinski definition) is 0. The van der Waals surface area contributed by atoms with Crippen molar-refractivity contribution in [2.45, 2.75) is 31.5 Å². The van der Waals surface area contributed by atoms with Crippen LogP contribution in [0.25, 0.3) is 0 Å². The summed E-state index contributed by atoms with van der Waals surface area (Å²) < 4.78 is 5.74. The lowest BCUT2D eigenvalue weighted by molar-refractivity contribution is -0.313. The van der Waals surface area contributed by atoms with Gasteiger partial charge < -0.3 is 19.5 Å². The van der Waals surface area contributed by atoms with E-state index < -0.39 is 29.5 Å². The summed E-state index contributed by atoms with van der Waals surface area (Å²) >= 11 is 0. The van der Waals surface area contributed by atoms with E-state index in [0.29, 0.717) is 13.1 Å². The summed E-state index contributed by atoms with van der Waals surface area (Å²) in [5.74, 6) is -2.69. The van der Waals surface area contributed by atoms with Crippen molar-refractivity contribution in [3.05, 3.63) is 12.2 Å². The third-order valence-electron chi connectivity index (χ3n) is 4.23. The maximum absolute atomic E-state index is 12.3. The molecule has 4 atom stereocenters. The number of likely N-dealkylation sites (tertiary alicyclic amines) is 1. The molecule has 0 N–H and O–H groups in total. The van der Waals surface area contributed by atoms with Crippen LogP contribution in [0.5, 0.6) is 0 Å². The van der Waals surface area contributed by atoms with Crippen LogP contribution in [-0.4, -0.2) is 41.6 Å². The van der Waals surface area contributed by atoms with Crippen LogP contribution >= 0.6 is 0 Å². The van der Waals surface area contributed by atoms with Gasteiger partial charge in [0, 0.05) is 18.4 Å². The number of carboxylic acids is 1. The van der Waals surface area contributed by atoms with Gasteiger partial charge in [0.15, 0.2) is 0 Å². The first-order valence-electron chi connectivity index (χ1n) is 6.46. The largest absolute Gasteiger partial charge is 0.550 e. The third kappa shape index (κ3) is 1.37. The standard InChI is InChI=1S/C13H17NO4/c1-2-3-6-14-7-13-5-4-8(18-13)9(12(16)17)10(13)11(14)15/h4-5,8-10H,2-3,6-7H2,1H3,(H,16,17)/p-1/t8-,9+,10-,13+/m1/s1. The Balaban J connectivity index is 1.87. The fourth-order valence-electron chi connectivity index (χ4n) is 3.39. The molecule has 1 amide bonds. The molecule has 5 nitrogen and oxygen atoms in total. The molecule has 0 unspecified atom stereocenters. The maximum Gasteiger partial charge on any atom is 0.229 e. The van der Waals surface area contributed by atoms with Gasteiger partial charge in [-0.15, -0.1) is 0 Å². The number of unbranched alkanes of at least 4 members (excludes halogenated alkanes) is 1. The van der Waals surface area contributed by atoms with Gasteiger partial charge in [-0.05, 0) is 6.42 Å². The van der Waals surface area contributed by atoms with Crippen LogP contribution in [0.4, 0.5) is 0 Å². The van der Waals surface area contributed by atoms with Gasteiger partial charge in [-0.3, -0.25) is 4.79 Å². The quantitative estimate of drug-likeness (QED) is 0.620. The van der Waals surface area contributed by atoms with Gasteiger partial charge in [0.1, 0.15) is 5.60 Å². The summed E-state index contributed by atoms with van der Waals surface area (Å²) in [6.07, 6.45) is 5.07. The number of nitrogens with zero attached hydrogens (tertiary/aromatic N) is 1. The zero-order chi connectivity index (χ0) is 12.9. The van der Waals surface area contributed by atoms with Crippen molar-refractivity contribution in [2.75, 3.05) is 13.1 Å². The first-order chi connectivity index (χ1) is 8.59. The van der Waals surface area contributed by atoms with Crippen LogP contribution in [0.15, 0.2) is 12.2 Å². The minimum Gasteiger partial charge on any atom is -0.550 e. The van der Waals surface area contributed by atoms with Crippen LogP contribution in [-0.2, 0) is 14.3 Å². The Hall–Kier alpha value is -1.36. The minimum absolute atomic E-state index is 0.0931. The molecule has 3 aliphatic rings. The van der Waals surface area contributed by atoms with Gasteiger partial charge in [-0.25, -0.2) is 0 Å². The van der Waals surface area contributed by atoms with Crippen LogP contribution in [0, 0.1) is 11.8 Å². The average Bonchev–Trinajstić information content (AvgIpc) is 2.95. The van der Waals surface area contributed by atoms with Gasteiger partial charge in [0.05, 0.1) is 18.6 Å². The lowest BCUT2D eigenvalue weighted by Crippen LogP contribution is -2.45. The van der Waals surface area contributed by atoms with E-state index in [2.05, 4.69) is 6.92 Å². The highest BCUT2D eigenvalue weighted by molar-refractivity contribution is 5.90. The van der Waals surface area contributed by atoms with Crippen molar-refractivity contribution < 1.29 is 19.4 Å². The predicted octanol–water partition coefficient (Wildman–Crippen LogP) is -0.682. The monoisotopic (exact) mass is 250 g/mol. The molecular formula is C13H16NO4-. The van der Waals surface area contributed by atoms with Gasteiger partial charge in [0.25, 0.3) is 0 Å². The fourth-order valence-corrected chi connectivity index (χ4v) is 3.39. The summed E-state index contributed by atoms with van der Waals surface area (Å²) in [7, 11) is 0. The molecule has 0 aromatic heterocycles. The van der Waals surface area contributed by atoms with E-state index in [4.69, 9.17) is 4.74 Å². The van der Waals surface area contributed by atoms with Crippen LogP contribution in [0.1, 0.15) is 19.8 Å². The molecule has 3 aliphatic heterocycles. The van der Waals surface area contributed by atoms with Crippen LogP contribution in [0.2, 0.25) is 0 Å². The summed E-state index contributed by atoms with van der Waals surface area (Å²) in [4.78, 5) is 25.2. The minimum atomic E-state index is -1.18. The van der Waals surface area contributed by atoms with E-state index in [1.54, 1.807) is 11.0 Å². The van der Waals surface area contributed by atoms with Crippen LogP contribution in [0.3, 0.4) is 0 Å². The van der Waals surface area contributed by atoms with Crippen LogP contribution < -0.4 is 5.11 Å². The van der Waals surface area contributed by atoms with Gasteiger partial charge in [-0.1, -0.05) is 25.5 Å². The number of carbonyl (C=O) groups excluding carboxylic acids is 2. The van der Waals surface area contributed by atoms with E-state index in [-0.39, 0.29) is 5.91 Å². The second-order valence-corrected chi connectivity index (χ2v) is 5.33. The van der Waals surface area contributed by atoms with Crippen molar-refractivity contribution >= 4 is 11.9 Å². The summed E-state index contributed by atoms with van der Waals surface area (Å²) in [6, 6.07) is 0. The van der Waals surface area contributed by atoms with E-state index in [9.17, 15) is 14.7 Å². The lowest BCUT2D eigenvalue weighted by atomic mass is 9.77. The summed E-state index contributed by atoms with van der Waals surface area (Å²) in [5, 5.41) is 11.2. The Bertz CT molecular complexity index is 433. The number of carbonyl (C=O) groups is 2. The Labute approximate surface area is 105 Å². The van der Waals surface area contributed by atoms with Crippen molar-refractivity contribution in [2.24, 2.45) is 11.8 Å².